The molecule has 0 aliphatic carbocycles. The van der Waals surface area contributed by atoms with Crippen molar-refractivity contribution in [2.45, 2.75) is 11.6 Å². The van der Waals surface area contributed by atoms with Crippen molar-refractivity contribution >= 4 is 27.4 Å². The topological polar surface area (TPSA) is 108 Å². The average Bonchev–Trinajstić information content (AvgIpc) is 3.40. The van der Waals surface area contributed by atoms with Gasteiger partial charge in [0.15, 0.2) is 5.03 Å². The third-order valence-corrected chi connectivity index (χ3v) is 6.89. The van der Waals surface area contributed by atoms with Gasteiger partial charge < -0.3 is 19.7 Å². The number of para-hydroxylation sites is 1. The van der Waals surface area contributed by atoms with Gasteiger partial charge in [-0.05, 0) is 35.9 Å². The normalized spacial score (nSPS) is 13.4. The summed E-state index contributed by atoms with van der Waals surface area (Å²) < 4.78 is 44.5. The second-order valence-electron chi connectivity index (χ2n) is 9.00. The second kappa shape index (κ2) is 12.5. The summed E-state index contributed by atoms with van der Waals surface area (Å²) in [6.45, 7) is 3.11. The van der Waals surface area contributed by atoms with Crippen LogP contribution < -0.4 is 10.2 Å². The Balaban J connectivity index is 0.000000298. The van der Waals surface area contributed by atoms with E-state index in [-0.39, 0.29) is 16.8 Å². The lowest BCUT2D eigenvalue weighted by Crippen LogP contribution is -2.49. The predicted octanol–water partition coefficient (Wildman–Crippen LogP) is 4.07. The van der Waals surface area contributed by atoms with Gasteiger partial charge in [-0.2, -0.15) is 8.42 Å². The second-order valence-corrected chi connectivity index (χ2v) is 10.4. The standard InChI is InChI=1S/C24H24FN3O.C4H6N2O3S/c25-22-11-4-5-12-23(22)27-13-15-28(16-14-27)24(29)20-9-6-10-21(17-20)26-18-19-7-2-1-3-8-19;1-6-2-4(5-3-6)10(7,8)9/h1-12,17,26H,13-16,18H2;2-3H,1H3,(H,7,8,9). The number of nitrogens with zero attached hydrogens (tertiary/aromatic N) is 4. The van der Waals surface area contributed by atoms with Crippen LogP contribution in [0.5, 0.6) is 0 Å². The number of carbonyl (C=O) groups excluding carboxylic acids is 1. The van der Waals surface area contributed by atoms with Crippen LogP contribution in [0, 0.1) is 5.82 Å². The van der Waals surface area contributed by atoms with E-state index < -0.39 is 10.1 Å². The first-order valence-electron chi connectivity index (χ1n) is 12.3. The molecule has 0 saturated carbocycles. The van der Waals surface area contributed by atoms with E-state index in [1.54, 1.807) is 19.2 Å². The van der Waals surface area contributed by atoms with Crippen molar-refractivity contribution in [3.8, 4) is 0 Å². The number of aryl methyl sites for hydroxylation is 1. The lowest BCUT2D eigenvalue weighted by molar-refractivity contribution is 0.0746. The van der Waals surface area contributed by atoms with Crippen molar-refractivity contribution < 1.29 is 22.2 Å². The van der Waals surface area contributed by atoms with Crippen molar-refractivity contribution in [3.63, 3.8) is 0 Å². The number of rotatable bonds is 6. The van der Waals surface area contributed by atoms with Crippen LogP contribution in [-0.2, 0) is 23.7 Å². The molecule has 1 aromatic heterocycles. The first-order valence-corrected chi connectivity index (χ1v) is 13.8. The van der Waals surface area contributed by atoms with Gasteiger partial charge >= 0.3 is 10.1 Å². The lowest BCUT2D eigenvalue weighted by atomic mass is 10.1. The molecule has 9 nitrogen and oxygen atoms in total. The Kier molecular flexibility index (Phi) is 8.95. The van der Waals surface area contributed by atoms with Crippen LogP contribution in [-0.4, -0.2) is 59.5 Å². The van der Waals surface area contributed by atoms with E-state index in [9.17, 15) is 17.6 Å². The maximum atomic E-state index is 14.0. The molecule has 5 rings (SSSR count). The maximum Gasteiger partial charge on any atom is 0.313 e. The summed E-state index contributed by atoms with van der Waals surface area (Å²) in [6, 6.07) is 24.6. The van der Waals surface area contributed by atoms with Gasteiger partial charge in [-0.3, -0.25) is 9.35 Å². The Bertz CT molecular complexity index is 1500. The van der Waals surface area contributed by atoms with Gasteiger partial charge in [0, 0.05) is 57.2 Å². The van der Waals surface area contributed by atoms with Gasteiger partial charge in [0.2, 0.25) is 0 Å². The minimum Gasteiger partial charge on any atom is -0.381 e. The van der Waals surface area contributed by atoms with E-state index in [0.29, 0.717) is 44.0 Å². The molecule has 0 spiro atoms. The summed E-state index contributed by atoms with van der Waals surface area (Å²) in [5.74, 6) is -0.203. The molecule has 3 aromatic carbocycles. The van der Waals surface area contributed by atoms with E-state index >= 15 is 0 Å². The highest BCUT2D eigenvalue weighted by atomic mass is 32.2. The molecule has 204 valence electrons. The average molecular weight is 552 g/mol. The van der Waals surface area contributed by atoms with Crippen molar-refractivity contribution in [1.29, 1.82) is 0 Å². The number of halogens is 1. The minimum atomic E-state index is -4.11. The fourth-order valence-electron chi connectivity index (χ4n) is 4.13. The number of nitrogens with one attached hydrogen (secondary N) is 1. The Hall–Kier alpha value is -4.22. The molecule has 0 unspecified atom stereocenters. The number of anilines is 2. The van der Waals surface area contributed by atoms with Crippen LogP contribution in [0.15, 0.2) is 96.4 Å². The highest BCUT2D eigenvalue weighted by molar-refractivity contribution is 7.85. The molecule has 1 amide bonds. The van der Waals surface area contributed by atoms with Crippen molar-refractivity contribution in [3.05, 3.63) is 108 Å². The maximum absolute atomic E-state index is 14.0. The fraction of sp³-hybridized carbons (Fsp3) is 0.214. The molecule has 0 radical (unpaired) electrons. The van der Waals surface area contributed by atoms with Gasteiger partial charge in [0.05, 0.1) is 12.0 Å². The van der Waals surface area contributed by atoms with Gasteiger partial charge in [-0.1, -0.05) is 48.5 Å². The number of piperazine rings is 1. The van der Waals surface area contributed by atoms with Crippen LogP contribution in [0.3, 0.4) is 0 Å². The molecule has 2 heterocycles. The molecule has 39 heavy (non-hydrogen) atoms. The van der Waals surface area contributed by atoms with E-state index in [1.165, 1.54) is 28.7 Å². The van der Waals surface area contributed by atoms with Crippen molar-refractivity contribution in [2.75, 3.05) is 36.4 Å². The number of hydrogen-bond donors (Lipinski definition) is 2. The zero-order chi connectivity index (χ0) is 27.8. The van der Waals surface area contributed by atoms with Gasteiger partial charge in [-0.25, -0.2) is 9.37 Å². The molecular weight excluding hydrogens is 521 g/mol. The smallest absolute Gasteiger partial charge is 0.313 e. The fourth-order valence-corrected chi connectivity index (χ4v) is 4.61. The van der Waals surface area contributed by atoms with Crippen molar-refractivity contribution in [1.82, 2.24) is 14.5 Å². The van der Waals surface area contributed by atoms with Gasteiger partial charge in [0.25, 0.3) is 5.91 Å². The molecule has 1 fully saturated rings. The van der Waals surface area contributed by atoms with E-state index in [0.717, 1.165) is 5.69 Å². The highest BCUT2D eigenvalue weighted by Gasteiger charge is 2.23. The third-order valence-electron chi connectivity index (χ3n) is 6.15. The van der Waals surface area contributed by atoms with Crippen LogP contribution in [0.25, 0.3) is 0 Å². The summed E-state index contributed by atoms with van der Waals surface area (Å²) in [5, 5.41) is 3.05. The molecule has 0 atom stereocenters. The van der Waals surface area contributed by atoms with E-state index in [1.807, 2.05) is 58.3 Å². The zero-order valence-corrected chi connectivity index (χ0v) is 22.3. The monoisotopic (exact) mass is 551 g/mol. The predicted molar refractivity (Wildman–Crippen MR) is 148 cm³/mol. The van der Waals surface area contributed by atoms with Crippen LogP contribution in [0.4, 0.5) is 15.8 Å². The molecule has 1 saturated heterocycles. The number of imidazole rings is 1. The highest BCUT2D eigenvalue weighted by Crippen LogP contribution is 2.21. The molecular formula is C28H30FN5O4S. The Morgan fingerprint density at radius 3 is 2.28 bits per heavy atom. The molecule has 11 heteroatoms. The Labute approximate surface area is 227 Å². The van der Waals surface area contributed by atoms with E-state index in [2.05, 4.69) is 22.4 Å². The van der Waals surface area contributed by atoms with Crippen LogP contribution in [0.1, 0.15) is 15.9 Å². The number of carbonyl (C=O) groups is 1. The first-order chi connectivity index (χ1) is 18.7. The number of amides is 1. The largest absolute Gasteiger partial charge is 0.381 e. The SMILES string of the molecule is Cn1cnc(S(=O)(=O)O)c1.O=C(c1cccc(NCc2ccccc2)c1)N1CCN(c2ccccc2F)CC1. The summed E-state index contributed by atoms with van der Waals surface area (Å²) >= 11 is 0. The van der Waals surface area contributed by atoms with Gasteiger partial charge in [-0.15, -0.1) is 0 Å². The van der Waals surface area contributed by atoms with E-state index in [4.69, 9.17) is 4.55 Å². The molecule has 4 aromatic rings. The van der Waals surface area contributed by atoms with Gasteiger partial charge in [0.1, 0.15) is 5.82 Å². The van der Waals surface area contributed by atoms with Crippen LogP contribution in [0.2, 0.25) is 0 Å². The summed E-state index contributed by atoms with van der Waals surface area (Å²) in [6.07, 6.45) is 2.51. The number of benzene rings is 3. The Morgan fingerprint density at radius 1 is 0.974 bits per heavy atom. The molecule has 2 N–H and O–H groups in total. The molecule has 1 aliphatic heterocycles. The quantitative estimate of drug-likeness (QED) is 0.348. The first kappa shape index (κ1) is 27.8. The molecule has 0 bridgehead atoms. The summed E-state index contributed by atoms with van der Waals surface area (Å²) in [5.41, 5.74) is 3.38. The summed E-state index contributed by atoms with van der Waals surface area (Å²) in [7, 11) is -2.50. The number of hydrogen-bond acceptors (Lipinski definition) is 6. The molecule has 1 aliphatic rings. The minimum absolute atomic E-state index is 0.0153. The van der Waals surface area contributed by atoms with Crippen LogP contribution >= 0.6 is 0 Å². The summed E-state index contributed by atoms with van der Waals surface area (Å²) in [4.78, 5) is 20.2. The zero-order valence-electron chi connectivity index (χ0n) is 21.4. The Morgan fingerprint density at radius 2 is 1.67 bits per heavy atom. The lowest BCUT2D eigenvalue weighted by Gasteiger charge is -2.36. The van der Waals surface area contributed by atoms with Crippen molar-refractivity contribution in [2.24, 2.45) is 7.05 Å². The number of aromatic nitrogens is 2. The third kappa shape index (κ3) is 7.65.